The minimum absolute atomic E-state index is 0.0629. The van der Waals surface area contributed by atoms with E-state index in [0.29, 0.717) is 0 Å². The summed E-state index contributed by atoms with van der Waals surface area (Å²) in [6.07, 6.45) is 0. The van der Waals surface area contributed by atoms with E-state index in [9.17, 15) is 8.78 Å². The fourth-order valence-corrected chi connectivity index (χ4v) is 2.74. The quantitative estimate of drug-likeness (QED) is 0.724. The van der Waals surface area contributed by atoms with Crippen molar-refractivity contribution in [1.29, 1.82) is 0 Å². The summed E-state index contributed by atoms with van der Waals surface area (Å²) in [6, 6.07) is 11.8. The zero-order valence-electron chi connectivity index (χ0n) is 9.99. The molecule has 3 aromatic rings. The lowest BCUT2D eigenvalue weighted by Crippen LogP contribution is -2.04. The third-order valence-corrected chi connectivity index (χ3v) is 3.88. The van der Waals surface area contributed by atoms with Crippen molar-refractivity contribution >= 4 is 27.1 Å². The van der Waals surface area contributed by atoms with Gasteiger partial charge in [-0.05, 0) is 47.2 Å². The van der Waals surface area contributed by atoms with Gasteiger partial charge in [-0.3, -0.25) is 0 Å². The maximum Gasteiger partial charge on any atom is 0.131 e. The summed E-state index contributed by atoms with van der Waals surface area (Å²) < 4.78 is 28.2. The van der Waals surface area contributed by atoms with Crippen LogP contribution in [0.4, 0.5) is 14.5 Å². The van der Waals surface area contributed by atoms with Gasteiger partial charge in [-0.2, -0.15) is 0 Å². The van der Waals surface area contributed by atoms with E-state index < -0.39 is 11.6 Å². The second kappa shape index (κ2) is 4.97. The first-order valence-corrected chi connectivity index (χ1v) is 6.76. The number of halogens is 2. The van der Waals surface area contributed by atoms with Gasteiger partial charge in [-0.1, -0.05) is 6.07 Å². The number of rotatable bonds is 3. The molecule has 1 aromatic heterocycles. The fourth-order valence-electron chi connectivity index (χ4n) is 1.97. The van der Waals surface area contributed by atoms with Crippen molar-refractivity contribution in [2.75, 3.05) is 5.32 Å². The number of hydrogen-bond acceptors (Lipinski definition) is 2. The average Bonchev–Trinajstić information content (AvgIpc) is 2.85. The molecule has 0 radical (unpaired) electrons. The standard InChI is InChI=1S/C15H11F2NS/c16-13-2-1-3-14(17)12(13)9-18-11-4-5-15-10(8-11)6-7-19-15/h1-8,18H,9H2. The smallest absolute Gasteiger partial charge is 0.131 e. The summed E-state index contributed by atoms with van der Waals surface area (Å²) in [5.74, 6) is -1.05. The number of anilines is 1. The van der Waals surface area contributed by atoms with E-state index >= 15 is 0 Å². The third-order valence-electron chi connectivity index (χ3n) is 2.98. The number of fused-ring (bicyclic) bond motifs is 1. The molecule has 96 valence electrons. The van der Waals surface area contributed by atoms with Crippen LogP contribution >= 0.6 is 11.3 Å². The van der Waals surface area contributed by atoms with Crippen LogP contribution in [-0.4, -0.2) is 0 Å². The second-order valence-corrected chi connectivity index (χ2v) is 5.17. The van der Waals surface area contributed by atoms with E-state index in [1.807, 2.05) is 29.6 Å². The predicted octanol–water partition coefficient (Wildman–Crippen LogP) is 4.79. The zero-order chi connectivity index (χ0) is 13.2. The molecule has 0 saturated carbocycles. The monoisotopic (exact) mass is 275 g/mol. The molecule has 0 amide bonds. The van der Waals surface area contributed by atoms with Gasteiger partial charge in [-0.15, -0.1) is 11.3 Å². The van der Waals surface area contributed by atoms with E-state index in [1.165, 1.54) is 22.9 Å². The molecule has 2 aromatic carbocycles. The molecule has 3 rings (SSSR count). The van der Waals surface area contributed by atoms with E-state index in [0.717, 1.165) is 11.1 Å². The first kappa shape index (κ1) is 12.1. The Labute approximate surface area is 113 Å². The fraction of sp³-hybridized carbons (Fsp3) is 0.0667. The van der Waals surface area contributed by atoms with Crippen molar-refractivity contribution in [2.24, 2.45) is 0 Å². The summed E-state index contributed by atoms with van der Waals surface area (Å²) in [4.78, 5) is 0. The zero-order valence-corrected chi connectivity index (χ0v) is 10.8. The van der Waals surface area contributed by atoms with Crippen LogP contribution in [-0.2, 0) is 6.54 Å². The molecule has 0 aliphatic rings. The molecular formula is C15H11F2NS. The molecule has 1 nitrogen and oxygen atoms in total. The minimum atomic E-state index is -0.524. The lowest BCUT2D eigenvalue weighted by Gasteiger charge is -2.08. The highest BCUT2D eigenvalue weighted by Crippen LogP contribution is 2.24. The average molecular weight is 275 g/mol. The summed E-state index contributed by atoms with van der Waals surface area (Å²) in [5.41, 5.74) is 0.918. The lowest BCUT2D eigenvalue weighted by atomic mass is 10.2. The molecule has 4 heteroatoms. The summed E-state index contributed by atoms with van der Waals surface area (Å²) >= 11 is 1.67. The third kappa shape index (κ3) is 2.44. The van der Waals surface area contributed by atoms with Gasteiger partial charge < -0.3 is 5.32 Å². The van der Waals surface area contributed by atoms with Gasteiger partial charge >= 0.3 is 0 Å². The highest BCUT2D eigenvalue weighted by Gasteiger charge is 2.07. The van der Waals surface area contributed by atoms with Crippen LogP contribution in [0.2, 0.25) is 0 Å². The van der Waals surface area contributed by atoms with E-state index in [-0.39, 0.29) is 12.1 Å². The first-order valence-electron chi connectivity index (χ1n) is 5.88. The minimum Gasteiger partial charge on any atom is -0.381 e. The number of nitrogens with one attached hydrogen (secondary N) is 1. The Balaban J connectivity index is 1.82. The Morgan fingerprint density at radius 1 is 1.00 bits per heavy atom. The normalized spacial score (nSPS) is 10.8. The second-order valence-electron chi connectivity index (χ2n) is 4.23. The summed E-state index contributed by atoms with van der Waals surface area (Å²) in [5, 5.41) is 6.20. The van der Waals surface area contributed by atoms with E-state index in [4.69, 9.17) is 0 Å². The van der Waals surface area contributed by atoms with Gasteiger partial charge in [0.1, 0.15) is 11.6 Å². The summed E-state index contributed by atoms with van der Waals surface area (Å²) in [7, 11) is 0. The Hall–Kier alpha value is -1.94. The number of hydrogen-bond donors (Lipinski definition) is 1. The number of benzene rings is 2. The van der Waals surface area contributed by atoms with Gasteiger partial charge in [0.2, 0.25) is 0 Å². The van der Waals surface area contributed by atoms with Gasteiger partial charge in [0.05, 0.1) is 0 Å². The van der Waals surface area contributed by atoms with Crippen molar-refractivity contribution in [2.45, 2.75) is 6.54 Å². The maximum absolute atomic E-state index is 13.5. The molecule has 0 fully saturated rings. The molecular weight excluding hydrogens is 264 g/mol. The van der Waals surface area contributed by atoms with Crippen molar-refractivity contribution in [1.82, 2.24) is 0 Å². The predicted molar refractivity (Wildman–Crippen MR) is 75.5 cm³/mol. The van der Waals surface area contributed by atoms with Crippen molar-refractivity contribution in [3.8, 4) is 0 Å². The molecule has 0 spiro atoms. The van der Waals surface area contributed by atoms with Gasteiger partial charge in [-0.25, -0.2) is 8.78 Å². The van der Waals surface area contributed by atoms with Crippen LogP contribution in [0, 0.1) is 11.6 Å². The SMILES string of the molecule is Fc1cccc(F)c1CNc1ccc2sccc2c1. The first-order chi connectivity index (χ1) is 9.24. The molecule has 19 heavy (non-hydrogen) atoms. The van der Waals surface area contributed by atoms with Crippen LogP contribution < -0.4 is 5.32 Å². The van der Waals surface area contributed by atoms with Crippen LogP contribution in [0.1, 0.15) is 5.56 Å². The highest BCUT2D eigenvalue weighted by atomic mass is 32.1. The van der Waals surface area contributed by atoms with Crippen molar-refractivity contribution in [3.63, 3.8) is 0 Å². The molecule has 0 aliphatic carbocycles. The lowest BCUT2D eigenvalue weighted by molar-refractivity contribution is 0.560. The molecule has 0 bridgehead atoms. The molecule has 0 atom stereocenters. The van der Waals surface area contributed by atoms with Gasteiger partial charge in [0.15, 0.2) is 0 Å². The van der Waals surface area contributed by atoms with Gasteiger partial charge in [0.25, 0.3) is 0 Å². The van der Waals surface area contributed by atoms with Gasteiger partial charge in [0, 0.05) is 22.5 Å². The number of thiophene rings is 1. The van der Waals surface area contributed by atoms with Crippen molar-refractivity contribution in [3.05, 3.63) is 65.0 Å². The maximum atomic E-state index is 13.5. The van der Waals surface area contributed by atoms with E-state index in [1.54, 1.807) is 11.3 Å². The van der Waals surface area contributed by atoms with Crippen LogP contribution in [0.25, 0.3) is 10.1 Å². The largest absolute Gasteiger partial charge is 0.381 e. The van der Waals surface area contributed by atoms with Crippen molar-refractivity contribution < 1.29 is 8.78 Å². The Morgan fingerprint density at radius 3 is 2.58 bits per heavy atom. The molecule has 0 unspecified atom stereocenters. The Kier molecular flexibility index (Phi) is 3.17. The highest BCUT2D eigenvalue weighted by molar-refractivity contribution is 7.17. The molecule has 1 heterocycles. The van der Waals surface area contributed by atoms with Crippen LogP contribution in [0.3, 0.4) is 0 Å². The summed E-state index contributed by atoms with van der Waals surface area (Å²) in [6.45, 7) is 0.133. The van der Waals surface area contributed by atoms with E-state index in [2.05, 4.69) is 5.32 Å². The molecule has 1 N–H and O–H groups in total. The topological polar surface area (TPSA) is 12.0 Å². The molecule has 0 saturated heterocycles. The van der Waals surface area contributed by atoms with Crippen LogP contribution in [0.15, 0.2) is 47.8 Å². The Bertz CT molecular complexity index is 701. The molecule has 0 aliphatic heterocycles. The Morgan fingerprint density at radius 2 is 1.79 bits per heavy atom. The van der Waals surface area contributed by atoms with Crippen LogP contribution in [0.5, 0.6) is 0 Å².